The van der Waals surface area contributed by atoms with Crippen molar-refractivity contribution < 1.29 is 9.53 Å². The summed E-state index contributed by atoms with van der Waals surface area (Å²) in [6.07, 6.45) is 4.99. The number of aromatic nitrogens is 2. The summed E-state index contributed by atoms with van der Waals surface area (Å²) in [7, 11) is 0. The largest absolute Gasteiger partial charge is 0.374 e. The number of carbonyl (C=O) groups excluding carboxylic acids is 1. The maximum absolute atomic E-state index is 12.2. The number of benzene rings is 1. The van der Waals surface area contributed by atoms with E-state index >= 15 is 0 Å². The number of ether oxygens (including phenoxy) is 1. The maximum Gasteiger partial charge on any atom is 0.271 e. The Kier molecular flexibility index (Phi) is 8.78. The van der Waals surface area contributed by atoms with Crippen LogP contribution < -0.4 is 10.6 Å². The number of hydrogen-bond acceptors (Lipinski definition) is 4. The van der Waals surface area contributed by atoms with Crippen LogP contribution in [0.1, 0.15) is 54.4 Å². The number of piperidine rings is 1. The molecule has 2 unspecified atom stereocenters. The van der Waals surface area contributed by atoms with Gasteiger partial charge in [0.15, 0.2) is 0 Å². The Morgan fingerprint density at radius 1 is 1.37 bits per heavy atom. The van der Waals surface area contributed by atoms with Crippen LogP contribution in [0.2, 0.25) is 0 Å². The molecule has 2 aromatic rings. The van der Waals surface area contributed by atoms with Crippen LogP contribution >= 0.6 is 12.4 Å². The lowest BCUT2D eigenvalue weighted by molar-refractivity contribution is 0.0634. The van der Waals surface area contributed by atoms with Crippen LogP contribution in [-0.4, -0.2) is 41.9 Å². The van der Waals surface area contributed by atoms with E-state index in [1.165, 1.54) is 5.56 Å². The Hall–Kier alpha value is -1.89. The number of nitrogens with one attached hydrogen (secondary N) is 2. The minimum absolute atomic E-state index is 0. The fraction of sp³-hybridized carbons (Fsp3) is 0.500. The molecule has 1 aliphatic rings. The molecule has 0 aliphatic carbocycles. The van der Waals surface area contributed by atoms with Crippen molar-refractivity contribution in [3.8, 4) is 0 Å². The molecule has 27 heavy (non-hydrogen) atoms. The first kappa shape index (κ1) is 21.4. The molecule has 0 bridgehead atoms. The minimum Gasteiger partial charge on any atom is -0.374 e. The maximum atomic E-state index is 12.2. The third-order valence-corrected chi connectivity index (χ3v) is 4.73. The Bertz CT molecular complexity index is 686. The SMILES string of the molecule is CC(OCCCNC(=O)c1ccn(C2CCCNC2)n1)c1ccccc1.Cl. The monoisotopic (exact) mass is 392 g/mol. The van der Waals surface area contributed by atoms with Crippen molar-refractivity contribution in [2.45, 2.75) is 38.3 Å². The summed E-state index contributed by atoms with van der Waals surface area (Å²) in [6, 6.07) is 12.3. The highest BCUT2D eigenvalue weighted by Gasteiger charge is 2.17. The Morgan fingerprint density at radius 2 is 2.19 bits per heavy atom. The van der Waals surface area contributed by atoms with Gasteiger partial charge in [-0.1, -0.05) is 30.3 Å². The zero-order chi connectivity index (χ0) is 18.2. The zero-order valence-corrected chi connectivity index (χ0v) is 16.6. The lowest BCUT2D eigenvalue weighted by Crippen LogP contribution is -2.32. The molecule has 0 spiro atoms. The number of amides is 1. The summed E-state index contributed by atoms with van der Waals surface area (Å²) >= 11 is 0. The van der Waals surface area contributed by atoms with Crippen LogP contribution in [0.4, 0.5) is 0 Å². The van der Waals surface area contributed by atoms with E-state index in [4.69, 9.17) is 4.74 Å². The van der Waals surface area contributed by atoms with E-state index in [0.29, 0.717) is 24.9 Å². The summed E-state index contributed by atoms with van der Waals surface area (Å²) in [5, 5.41) is 10.7. The van der Waals surface area contributed by atoms with Gasteiger partial charge in [-0.25, -0.2) is 0 Å². The van der Waals surface area contributed by atoms with Gasteiger partial charge < -0.3 is 15.4 Å². The molecular weight excluding hydrogens is 364 g/mol. The Morgan fingerprint density at radius 3 is 2.93 bits per heavy atom. The second-order valence-corrected chi connectivity index (χ2v) is 6.71. The molecule has 1 aromatic carbocycles. The van der Waals surface area contributed by atoms with E-state index in [1.54, 1.807) is 6.07 Å². The van der Waals surface area contributed by atoms with Crippen molar-refractivity contribution in [3.63, 3.8) is 0 Å². The molecule has 6 nitrogen and oxygen atoms in total. The minimum atomic E-state index is -0.122. The normalized spacial score (nSPS) is 17.7. The summed E-state index contributed by atoms with van der Waals surface area (Å²) < 4.78 is 7.73. The van der Waals surface area contributed by atoms with Gasteiger partial charge in [0.1, 0.15) is 5.69 Å². The van der Waals surface area contributed by atoms with Gasteiger partial charge >= 0.3 is 0 Å². The quantitative estimate of drug-likeness (QED) is 0.677. The first-order chi connectivity index (χ1) is 12.7. The molecular formula is C20H29ClN4O2. The highest BCUT2D eigenvalue weighted by molar-refractivity contribution is 5.92. The van der Waals surface area contributed by atoms with Crippen LogP contribution in [0.3, 0.4) is 0 Å². The lowest BCUT2D eigenvalue weighted by atomic mass is 10.1. The van der Waals surface area contributed by atoms with Crippen molar-refractivity contribution in [3.05, 3.63) is 53.9 Å². The topological polar surface area (TPSA) is 68.2 Å². The van der Waals surface area contributed by atoms with E-state index in [0.717, 1.165) is 32.4 Å². The second-order valence-electron chi connectivity index (χ2n) is 6.71. The van der Waals surface area contributed by atoms with Crippen molar-refractivity contribution >= 4 is 18.3 Å². The van der Waals surface area contributed by atoms with Crippen LogP contribution in [0.15, 0.2) is 42.6 Å². The average Bonchev–Trinajstić information content (AvgIpc) is 3.19. The number of halogens is 1. The van der Waals surface area contributed by atoms with Gasteiger partial charge in [0.05, 0.1) is 12.1 Å². The highest BCUT2D eigenvalue weighted by atomic mass is 35.5. The van der Waals surface area contributed by atoms with Crippen LogP contribution in [0.5, 0.6) is 0 Å². The number of hydrogen-bond donors (Lipinski definition) is 2. The number of carbonyl (C=O) groups is 1. The molecule has 148 valence electrons. The first-order valence-electron chi connectivity index (χ1n) is 9.44. The second kappa shape index (κ2) is 11.1. The predicted molar refractivity (Wildman–Crippen MR) is 108 cm³/mol. The molecule has 1 amide bonds. The van der Waals surface area contributed by atoms with E-state index in [-0.39, 0.29) is 24.4 Å². The molecule has 7 heteroatoms. The van der Waals surface area contributed by atoms with Crippen LogP contribution in [0, 0.1) is 0 Å². The molecule has 1 aromatic heterocycles. The standard InChI is InChI=1S/C20H28N4O2.ClH/c1-16(17-7-3-2-4-8-17)26-14-6-12-22-20(25)19-10-13-24(23-19)18-9-5-11-21-15-18;/h2-4,7-8,10,13,16,18,21H,5-6,9,11-12,14-15H2,1H3,(H,22,25);1H. The van der Waals surface area contributed by atoms with E-state index in [2.05, 4.69) is 27.9 Å². The molecule has 0 radical (unpaired) electrons. The molecule has 3 rings (SSSR count). The molecule has 1 saturated heterocycles. The number of nitrogens with zero attached hydrogens (tertiary/aromatic N) is 2. The fourth-order valence-electron chi connectivity index (χ4n) is 3.17. The van der Waals surface area contributed by atoms with Gasteiger partial charge in [-0.15, -0.1) is 12.4 Å². The molecule has 2 N–H and O–H groups in total. The smallest absolute Gasteiger partial charge is 0.271 e. The third kappa shape index (κ3) is 6.34. The van der Waals surface area contributed by atoms with Gasteiger partial charge in [0.2, 0.25) is 0 Å². The van der Waals surface area contributed by atoms with E-state index < -0.39 is 0 Å². The predicted octanol–water partition coefficient (Wildman–Crippen LogP) is 3.13. The molecule has 2 atom stereocenters. The van der Waals surface area contributed by atoms with Crippen molar-refractivity contribution in [2.24, 2.45) is 0 Å². The van der Waals surface area contributed by atoms with Crippen molar-refractivity contribution in [2.75, 3.05) is 26.2 Å². The van der Waals surface area contributed by atoms with E-state index in [1.807, 2.05) is 36.0 Å². The molecule has 2 heterocycles. The van der Waals surface area contributed by atoms with Gasteiger partial charge in [-0.05, 0) is 44.4 Å². The van der Waals surface area contributed by atoms with E-state index in [9.17, 15) is 4.79 Å². The zero-order valence-electron chi connectivity index (χ0n) is 15.8. The highest BCUT2D eigenvalue weighted by Crippen LogP contribution is 2.16. The summed E-state index contributed by atoms with van der Waals surface area (Å²) in [5.41, 5.74) is 1.65. The van der Waals surface area contributed by atoms with Gasteiger partial charge in [0.25, 0.3) is 5.91 Å². The van der Waals surface area contributed by atoms with Crippen molar-refractivity contribution in [1.29, 1.82) is 0 Å². The summed E-state index contributed by atoms with van der Waals surface area (Å²) in [6.45, 7) is 5.22. The fourth-order valence-corrected chi connectivity index (χ4v) is 3.17. The summed E-state index contributed by atoms with van der Waals surface area (Å²) in [4.78, 5) is 12.2. The number of rotatable bonds is 8. The summed E-state index contributed by atoms with van der Waals surface area (Å²) in [5.74, 6) is -0.122. The molecule has 1 fully saturated rings. The van der Waals surface area contributed by atoms with Crippen molar-refractivity contribution in [1.82, 2.24) is 20.4 Å². The third-order valence-electron chi connectivity index (χ3n) is 4.73. The molecule has 1 aliphatic heterocycles. The van der Waals surface area contributed by atoms with Gasteiger partial charge in [0, 0.05) is 25.9 Å². The Labute approximate surface area is 167 Å². The van der Waals surface area contributed by atoms with Gasteiger partial charge in [-0.2, -0.15) is 5.10 Å². The van der Waals surface area contributed by atoms with Crippen LogP contribution in [0.25, 0.3) is 0 Å². The Balaban J connectivity index is 0.00000261. The first-order valence-corrected chi connectivity index (χ1v) is 9.44. The molecule has 0 saturated carbocycles. The van der Waals surface area contributed by atoms with Gasteiger partial charge in [-0.3, -0.25) is 9.48 Å². The van der Waals surface area contributed by atoms with Crippen LogP contribution in [-0.2, 0) is 4.74 Å². The average molecular weight is 393 g/mol. The lowest BCUT2D eigenvalue weighted by Gasteiger charge is -2.22.